The third-order valence-electron chi connectivity index (χ3n) is 3.29. The lowest BCUT2D eigenvalue weighted by Crippen LogP contribution is -2.08. The maximum Gasteiger partial charge on any atom is 0.0774 e. The lowest BCUT2D eigenvalue weighted by molar-refractivity contribution is 0.672. The van der Waals surface area contributed by atoms with Crippen LogP contribution < -0.4 is 0 Å². The zero-order chi connectivity index (χ0) is 9.54. The second-order valence-corrected chi connectivity index (χ2v) is 5.31. The summed E-state index contributed by atoms with van der Waals surface area (Å²) in [4.78, 5) is 2.96. The van der Waals surface area contributed by atoms with E-state index in [1.165, 1.54) is 41.9 Å². The van der Waals surface area contributed by atoms with Gasteiger partial charge in [0, 0.05) is 9.75 Å². The molecule has 2 aliphatic rings. The molecule has 1 aromatic rings. The van der Waals surface area contributed by atoms with Crippen molar-refractivity contribution in [2.24, 2.45) is 0 Å². The molecule has 0 aliphatic heterocycles. The third-order valence-corrected chi connectivity index (χ3v) is 4.66. The number of thiophene rings is 1. The van der Waals surface area contributed by atoms with Crippen molar-refractivity contribution in [3.63, 3.8) is 0 Å². The number of hydrogen-bond acceptors (Lipinski definition) is 1. The highest BCUT2D eigenvalue weighted by Gasteiger charge is 2.24. The van der Waals surface area contributed by atoms with E-state index in [1.54, 1.807) is 11.1 Å². The summed E-state index contributed by atoms with van der Waals surface area (Å²) in [6.07, 6.45) is 10.8. The van der Waals surface area contributed by atoms with E-state index in [2.05, 4.69) is 12.2 Å². The monoisotopic (exact) mass is 200 g/mol. The number of allylic oxidation sites excluding steroid dienone is 1. The summed E-state index contributed by atoms with van der Waals surface area (Å²) in [6.45, 7) is 0. The van der Waals surface area contributed by atoms with Gasteiger partial charge in [-0.1, -0.05) is 12.5 Å². The van der Waals surface area contributed by atoms with Crippen molar-refractivity contribution in [2.45, 2.75) is 37.9 Å². The molecule has 0 nitrogen and oxygen atoms in total. The number of rotatable bonds is 0. The van der Waals surface area contributed by atoms with E-state index in [0.29, 0.717) is 5.82 Å². The van der Waals surface area contributed by atoms with E-state index < -0.39 is 0 Å². The summed E-state index contributed by atoms with van der Waals surface area (Å²) in [5.74, 6) is 0.322. The van der Waals surface area contributed by atoms with Crippen LogP contribution in [0.4, 0.5) is 0 Å². The Hall–Kier alpha value is -0.495. The second-order valence-electron chi connectivity index (χ2n) is 4.23. The first-order valence-corrected chi connectivity index (χ1v) is 6.24. The molecule has 0 bridgehead atoms. The molecule has 0 spiro atoms. The summed E-state index contributed by atoms with van der Waals surface area (Å²) >= 11 is 1.93. The van der Waals surface area contributed by atoms with Gasteiger partial charge >= 0.3 is 0 Å². The predicted octanol–water partition coefficient (Wildman–Crippen LogP) is 3.25. The van der Waals surface area contributed by atoms with E-state index in [9.17, 15) is 0 Å². The van der Waals surface area contributed by atoms with Gasteiger partial charge in [0.05, 0.1) is 7.85 Å². The third kappa shape index (κ3) is 1.20. The summed E-state index contributed by atoms with van der Waals surface area (Å²) in [5, 5.41) is 0. The molecule has 3 rings (SSSR count). The molecule has 0 saturated heterocycles. The van der Waals surface area contributed by atoms with Gasteiger partial charge in [-0.2, -0.15) is 0 Å². The minimum atomic E-state index is 0.322. The summed E-state index contributed by atoms with van der Waals surface area (Å²) < 4.78 is 0. The first kappa shape index (κ1) is 8.78. The van der Waals surface area contributed by atoms with Gasteiger partial charge in [-0.15, -0.1) is 11.3 Å². The van der Waals surface area contributed by atoms with Crippen molar-refractivity contribution in [3.05, 3.63) is 27.0 Å². The highest BCUT2D eigenvalue weighted by molar-refractivity contribution is 7.13. The second kappa shape index (κ2) is 3.27. The number of fused-ring (bicyclic) bond motifs is 3. The lowest BCUT2D eigenvalue weighted by atomic mass is 9.75. The minimum absolute atomic E-state index is 0.322. The van der Waals surface area contributed by atoms with Crippen LogP contribution >= 0.6 is 11.3 Å². The maximum absolute atomic E-state index is 6.14. The highest BCUT2D eigenvalue weighted by atomic mass is 32.1. The summed E-state index contributed by atoms with van der Waals surface area (Å²) in [5.41, 5.74) is 3.22. The Morgan fingerprint density at radius 1 is 1.29 bits per heavy atom. The van der Waals surface area contributed by atoms with Gasteiger partial charge < -0.3 is 0 Å². The largest absolute Gasteiger partial charge is 0.141 e. The quantitative estimate of drug-likeness (QED) is 0.564. The Kier molecular flexibility index (Phi) is 2.05. The van der Waals surface area contributed by atoms with E-state index in [1.807, 2.05) is 11.3 Å². The van der Waals surface area contributed by atoms with Crippen molar-refractivity contribution < 1.29 is 0 Å². The van der Waals surface area contributed by atoms with E-state index >= 15 is 0 Å². The van der Waals surface area contributed by atoms with Gasteiger partial charge in [0.25, 0.3) is 0 Å². The van der Waals surface area contributed by atoms with Crippen LogP contribution in [0.5, 0.6) is 0 Å². The molecule has 1 atom stereocenters. The standard InChI is InChI=1S/C12H13BS/c13-10-6-3-5-9-8-4-1-2-7-11(8)14-12(9)10/h2,7,10H,1,3-6H2. The molecule has 70 valence electrons. The fraction of sp³-hybridized carbons (Fsp3) is 0.500. The van der Waals surface area contributed by atoms with Crippen LogP contribution in [-0.2, 0) is 12.8 Å². The summed E-state index contributed by atoms with van der Waals surface area (Å²) in [7, 11) is 6.14. The van der Waals surface area contributed by atoms with E-state index in [-0.39, 0.29) is 0 Å². The molecule has 0 fully saturated rings. The average molecular weight is 200 g/mol. The zero-order valence-corrected chi connectivity index (χ0v) is 9.07. The Morgan fingerprint density at radius 3 is 3.14 bits per heavy atom. The minimum Gasteiger partial charge on any atom is -0.141 e. The van der Waals surface area contributed by atoms with Crippen molar-refractivity contribution in [3.8, 4) is 0 Å². The molecule has 1 aromatic heterocycles. The SMILES string of the molecule is [B]C1CCCc2c1sc1c2CCC=C1. The molecule has 1 heterocycles. The molecule has 0 saturated carbocycles. The van der Waals surface area contributed by atoms with Gasteiger partial charge in [0.2, 0.25) is 0 Å². The molecule has 2 heteroatoms. The maximum atomic E-state index is 6.14. The van der Waals surface area contributed by atoms with Crippen LogP contribution in [0.2, 0.25) is 0 Å². The molecule has 1 unspecified atom stereocenters. The molecular weight excluding hydrogens is 187 g/mol. The van der Waals surface area contributed by atoms with Crippen LogP contribution in [-0.4, -0.2) is 7.85 Å². The zero-order valence-electron chi connectivity index (χ0n) is 8.25. The molecule has 2 aliphatic carbocycles. The Labute approximate surface area is 90.4 Å². The smallest absolute Gasteiger partial charge is 0.0774 e. The molecular formula is C12H13BS. The van der Waals surface area contributed by atoms with Crippen LogP contribution in [0.1, 0.15) is 46.0 Å². The fourth-order valence-corrected chi connectivity index (χ4v) is 3.94. The first-order valence-electron chi connectivity index (χ1n) is 5.43. The Balaban J connectivity index is 2.16. The van der Waals surface area contributed by atoms with Gasteiger partial charge in [0.15, 0.2) is 0 Å². The predicted molar refractivity (Wildman–Crippen MR) is 63.1 cm³/mol. The van der Waals surface area contributed by atoms with Crippen molar-refractivity contribution >= 4 is 25.3 Å². The van der Waals surface area contributed by atoms with Gasteiger partial charge in [-0.05, 0) is 48.7 Å². The van der Waals surface area contributed by atoms with Gasteiger partial charge in [-0.3, -0.25) is 0 Å². The van der Waals surface area contributed by atoms with Crippen LogP contribution in [0.15, 0.2) is 6.08 Å². The van der Waals surface area contributed by atoms with Crippen molar-refractivity contribution in [1.29, 1.82) is 0 Å². The lowest BCUT2D eigenvalue weighted by Gasteiger charge is -2.19. The fourth-order valence-electron chi connectivity index (χ4n) is 2.57. The van der Waals surface area contributed by atoms with E-state index in [0.717, 1.165) is 0 Å². The first-order chi connectivity index (χ1) is 6.86. The molecule has 2 radical (unpaired) electrons. The van der Waals surface area contributed by atoms with Crippen LogP contribution in [0.25, 0.3) is 6.08 Å². The van der Waals surface area contributed by atoms with Crippen LogP contribution in [0, 0.1) is 0 Å². The van der Waals surface area contributed by atoms with Crippen molar-refractivity contribution in [1.82, 2.24) is 0 Å². The Morgan fingerprint density at radius 2 is 2.21 bits per heavy atom. The highest BCUT2D eigenvalue weighted by Crippen LogP contribution is 2.41. The topological polar surface area (TPSA) is 0 Å². The van der Waals surface area contributed by atoms with Crippen LogP contribution in [0.3, 0.4) is 0 Å². The van der Waals surface area contributed by atoms with E-state index in [4.69, 9.17) is 7.85 Å². The van der Waals surface area contributed by atoms with Gasteiger partial charge in [0.1, 0.15) is 0 Å². The normalized spacial score (nSPS) is 24.4. The number of hydrogen-bond donors (Lipinski definition) is 0. The molecule has 0 aromatic carbocycles. The average Bonchev–Trinajstić information content (AvgIpc) is 2.59. The Bertz CT molecular complexity index is 389. The molecule has 14 heavy (non-hydrogen) atoms. The molecule has 0 N–H and O–H groups in total. The molecule has 0 amide bonds. The summed E-state index contributed by atoms with van der Waals surface area (Å²) in [6, 6.07) is 0. The van der Waals surface area contributed by atoms with Crippen molar-refractivity contribution in [2.75, 3.05) is 0 Å². The van der Waals surface area contributed by atoms with Gasteiger partial charge in [-0.25, -0.2) is 0 Å².